The van der Waals surface area contributed by atoms with Crippen molar-refractivity contribution < 1.29 is 4.79 Å². The van der Waals surface area contributed by atoms with Crippen molar-refractivity contribution >= 4 is 40.2 Å². The van der Waals surface area contributed by atoms with Crippen molar-refractivity contribution in [1.29, 1.82) is 0 Å². The van der Waals surface area contributed by atoms with Gasteiger partial charge in [0.15, 0.2) is 5.16 Å². The molecule has 1 N–H and O–H groups in total. The van der Waals surface area contributed by atoms with E-state index < -0.39 is 0 Å². The van der Waals surface area contributed by atoms with Crippen molar-refractivity contribution in [2.75, 3.05) is 11.1 Å². The Bertz CT molecular complexity index is 1240. The highest BCUT2D eigenvalue weighted by atomic mass is 32.2. The Morgan fingerprint density at radius 3 is 2.79 bits per heavy atom. The van der Waals surface area contributed by atoms with Crippen LogP contribution in [0.25, 0.3) is 16.7 Å². The minimum absolute atomic E-state index is 0.133. The number of aryl methyl sites for hydroxylation is 1. The fraction of sp³-hybridized carbons (Fsp3) is 0.278. The molecule has 3 aromatic heterocycles. The quantitative estimate of drug-likeness (QED) is 0.518. The van der Waals surface area contributed by atoms with Crippen molar-refractivity contribution in [3.05, 3.63) is 46.9 Å². The highest BCUT2D eigenvalue weighted by Gasteiger charge is 2.16. The van der Waals surface area contributed by atoms with E-state index in [4.69, 9.17) is 0 Å². The van der Waals surface area contributed by atoms with Crippen LogP contribution in [0.5, 0.6) is 0 Å². The molecule has 9 nitrogen and oxygen atoms in total. The van der Waals surface area contributed by atoms with Gasteiger partial charge in [-0.1, -0.05) is 23.9 Å². The van der Waals surface area contributed by atoms with Crippen LogP contribution in [0.3, 0.4) is 0 Å². The topological polar surface area (TPSA) is 99.1 Å². The first-order valence-electron chi connectivity index (χ1n) is 8.76. The lowest BCUT2D eigenvalue weighted by atomic mass is 10.2. The van der Waals surface area contributed by atoms with Gasteiger partial charge in [0.25, 0.3) is 5.56 Å². The van der Waals surface area contributed by atoms with E-state index in [1.54, 1.807) is 34.5 Å². The third-order valence-electron chi connectivity index (χ3n) is 4.36. The lowest BCUT2D eigenvalue weighted by Crippen LogP contribution is -2.20. The number of benzene rings is 1. The second-order valence-corrected chi connectivity index (χ2v) is 7.53. The zero-order chi connectivity index (χ0) is 19.8. The molecule has 0 atom stereocenters. The summed E-state index contributed by atoms with van der Waals surface area (Å²) < 4.78 is 5.01. The molecule has 3 heterocycles. The normalized spacial score (nSPS) is 11.6. The van der Waals surface area contributed by atoms with Crippen molar-refractivity contribution in [2.24, 2.45) is 7.05 Å². The van der Waals surface area contributed by atoms with Gasteiger partial charge in [0.1, 0.15) is 5.82 Å². The average molecular weight is 397 g/mol. The summed E-state index contributed by atoms with van der Waals surface area (Å²) >= 11 is 1.26. The van der Waals surface area contributed by atoms with Gasteiger partial charge in [-0.3, -0.25) is 18.6 Å². The zero-order valence-corrected chi connectivity index (χ0v) is 16.5. The molecule has 1 aromatic carbocycles. The third kappa shape index (κ3) is 3.05. The van der Waals surface area contributed by atoms with E-state index >= 15 is 0 Å². The van der Waals surface area contributed by atoms with Gasteiger partial charge in [0.2, 0.25) is 11.7 Å². The van der Waals surface area contributed by atoms with E-state index in [1.165, 1.54) is 16.3 Å². The molecule has 144 valence electrons. The molecule has 0 aliphatic carbocycles. The van der Waals surface area contributed by atoms with Crippen LogP contribution in [0, 0.1) is 0 Å². The van der Waals surface area contributed by atoms with Crippen LogP contribution in [0.4, 0.5) is 5.82 Å². The Kier molecular flexibility index (Phi) is 4.63. The number of carbonyl (C=O) groups excluding carboxylic acids is 1. The summed E-state index contributed by atoms with van der Waals surface area (Å²) in [6.07, 6.45) is 1.65. The second kappa shape index (κ2) is 7.12. The first kappa shape index (κ1) is 18.2. The average Bonchev–Trinajstić information content (AvgIpc) is 3.31. The fourth-order valence-electron chi connectivity index (χ4n) is 3.04. The van der Waals surface area contributed by atoms with Crippen molar-refractivity contribution in [1.82, 2.24) is 28.9 Å². The van der Waals surface area contributed by atoms with Crippen LogP contribution < -0.4 is 10.9 Å². The number of carbonyl (C=O) groups is 1. The fourth-order valence-corrected chi connectivity index (χ4v) is 3.78. The summed E-state index contributed by atoms with van der Waals surface area (Å²) in [5.41, 5.74) is 0.582. The second-order valence-electron chi connectivity index (χ2n) is 6.59. The van der Waals surface area contributed by atoms with Gasteiger partial charge in [-0.25, -0.2) is 4.68 Å². The number of rotatable bonds is 5. The zero-order valence-electron chi connectivity index (χ0n) is 15.7. The molecule has 4 aromatic rings. The Hall–Kier alpha value is -3.14. The summed E-state index contributed by atoms with van der Waals surface area (Å²) in [6, 6.07) is 9.20. The largest absolute Gasteiger partial charge is 0.310 e. The number of para-hydroxylation sites is 1. The lowest BCUT2D eigenvalue weighted by Gasteiger charge is -2.11. The number of anilines is 1. The van der Waals surface area contributed by atoms with E-state index in [0.29, 0.717) is 27.7 Å². The number of aromatic nitrogens is 6. The Balaban J connectivity index is 1.61. The van der Waals surface area contributed by atoms with Gasteiger partial charge in [0, 0.05) is 19.2 Å². The van der Waals surface area contributed by atoms with E-state index in [1.807, 2.05) is 32.0 Å². The van der Waals surface area contributed by atoms with Gasteiger partial charge in [-0.15, -0.1) is 10.2 Å². The maximum atomic E-state index is 12.5. The van der Waals surface area contributed by atoms with Crippen molar-refractivity contribution in [3.8, 4) is 0 Å². The molecular formula is C18H19N7O2S. The standard InChI is InChI=1S/C18H19N7O2S/c1-11(2)25-14(8-9-19-25)20-15(26)10-28-18-22-21-17-23(3)16(27)12-6-4-5-7-13(12)24(17)18/h4-9,11H,10H2,1-3H3,(H,20,26). The lowest BCUT2D eigenvalue weighted by molar-refractivity contribution is -0.113. The molecule has 0 spiro atoms. The third-order valence-corrected chi connectivity index (χ3v) is 5.28. The SMILES string of the molecule is CC(C)n1nccc1NC(=O)CSc1nnc2n(C)c(=O)c3ccccc3n12. The molecule has 0 bridgehead atoms. The van der Waals surface area contributed by atoms with Gasteiger partial charge < -0.3 is 5.32 Å². The maximum Gasteiger partial charge on any atom is 0.262 e. The minimum Gasteiger partial charge on any atom is -0.310 e. The first-order valence-corrected chi connectivity index (χ1v) is 9.75. The van der Waals surface area contributed by atoms with E-state index in [2.05, 4.69) is 20.6 Å². The van der Waals surface area contributed by atoms with E-state index in [-0.39, 0.29) is 23.3 Å². The molecule has 0 saturated heterocycles. The van der Waals surface area contributed by atoms with Crippen LogP contribution >= 0.6 is 11.8 Å². The molecule has 28 heavy (non-hydrogen) atoms. The Morgan fingerprint density at radius 1 is 1.21 bits per heavy atom. The molecule has 0 fully saturated rings. The molecule has 1 amide bonds. The number of fused-ring (bicyclic) bond motifs is 3. The highest BCUT2D eigenvalue weighted by Crippen LogP contribution is 2.21. The van der Waals surface area contributed by atoms with Crippen LogP contribution in [0.2, 0.25) is 0 Å². The smallest absolute Gasteiger partial charge is 0.262 e. The number of amides is 1. The molecule has 0 aliphatic rings. The van der Waals surface area contributed by atoms with Crippen LogP contribution in [-0.2, 0) is 11.8 Å². The van der Waals surface area contributed by atoms with E-state index in [0.717, 1.165) is 0 Å². The van der Waals surface area contributed by atoms with Crippen molar-refractivity contribution in [3.63, 3.8) is 0 Å². The van der Waals surface area contributed by atoms with Gasteiger partial charge in [0.05, 0.1) is 22.9 Å². The summed E-state index contributed by atoms with van der Waals surface area (Å²) in [6.45, 7) is 3.99. The number of nitrogens with one attached hydrogen (secondary N) is 1. The molecule has 0 unspecified atom stereocenters. The number of hydrogen-bond donors (Lipinski definition) is 1. The molecule has 10 heteroatoms. The molecule has 0 saturated carbocycles. The minimum atomic E-state index is -0.168. The summed E-state index contributed by atoms with van der Waals surface area (Å²) in [7, 11) is 1.66. The number of thioether (sulfide) groups is 1. The predicted molar refractivity (Wildman–Crippen MR) is 108 cm³/mol. The van der Waals surface area contributed by atoms with Gasteiger partial charge in [-0.2, -0.15) is 5.10 Å². The summed E-state index contributed by atoms with van der Waals surface area (Å²) in [5, 5.41) is 16.5. The van der Waals surface area contributed by atoms with Gasteiger partial charge in [-0.05, 0) is 26.0 Å². The molecule has 0 radical (unpaired) electrons. The Labute approximate surface area is 164 Å². The first-order chi connectivity index (χ1) is 13.5. The van der Waals surface area contributed by atoms with Crippen LogP contribution in [0.15, 0.2) is 46.5 Å². The number of nitrogens with zero attached hydrogens (tertiary/aromatic N) is 6. The van der Waals surface area contributed by atoms with Gasteiger partial charge >= 0.3 is 0 Å². The molecule has 4 rings (SSSR count). The Morgan fingerprint density at radius 2 is 2.00 bits per heavy atom. The number of hydrogen-bond acceptors (Lipinski definition) is 6. The van der Waals surface area contributed by atoms with Crippen LogP contribution in [-0.4, -0.2) is 40.6 Å². The monoisotopic (exact) mass is 397 g/mol. The summed E-state index contributed by atoms with van der Waals surface area (Å²) in [4.78, 5) is 24.9. The van der Waals surface area contributed by atoms with E-state index in [9.17, 15) is 9.59 Å². The van der Waals surface area contributed by atoms with Crippen molar-refractivity contribution in [2.45, 2.75) is 25.0 Å². The maximum absolute atomic E-state index is 12.5. The molecule has 0 aliphatic heterocycles. The molecular weight excluding hydrogens is 378 g/mol. The van der Waals surface area contributed by atoms with Crippen LogP contribution in [0.1, 0.15) is 19.9 Å². The highest BCUT2D eigenvalue weighted by molar-refractivity contribution is 7.99. The predicted octanol–water partition coefficient (Wildman–Crippen LogP) is 2.09. The summed E-state index contributed by atoms with van der Waals surface area (Å²) in [5.74, 6) is 1.07.